The van der Waals surface area contributed by atoms with Crippen LogP contribution in [0.3, 0.4) is 0 Å². The third-order valence-corrected chi connectivity index (χ3v) is 3.57. The van der Waals surface area contributed by atoms with Crippen molar-refractivity contribution in [3.63, 3.8) is 0 Å². The molecule has 22 heavy (non-hydrogen) atoms. The molecule has 1 aromatic rings. The average Bonchev–Trinajstić information content (AvgIpc) is 2.56. The zero-order valence-electron chi connectivity index (χ0n) is 13.2. The topological polar surface area (TPSA) is 36.9 Å². The number of benzene rings is 1. The van der Waals surface area contributed by atoms with E-state index in [-0.39, 0.29) is 24.0 Å². The number of ether oxygens (including phenoxy) is 1. The molecule has 0 spiro atoms. The summed E-state index contributed by atoms with van der Waals surface area (Å²) in [5, 5.41) is 3.27. The van der Waals surface area contributed by atoms with E-state index in [0.29, 0.717) is 0 Å². The molecule has 0 bridgehead atoms. The van der Waals surface area contributed by atoms with E-state index in [1.165, 1.54) is 11.1 Å². The standard InChI is InChI=1S/C17H23N3O.HI/c1-4-10-19-17(18-2)20-11-8-14(9-12-20)15-6-5-7-16(13-15)21-3;/h4-8,13H,1,9-12H2,2-3H3,(H,18,19);1H. The molecule has 1 aromatic carbocycles. The fraction of sp³-hybridized carbons (Fsp3) is 0.353. The number of nitrogens with one attached hydrogen (secondary N) is 1. The lowest BCUT2D eigenvalue weighted by Crippen LogP contribution is -2.43. The van der Waals surface area contributed by atoms with Gasteiger partial charge in [0.2, 0.25) is 0 Å². The van der Waals surface area contributed by atoms with Crippen LogP contribution in [0.15, 0.2) is 48.0 Å². The van der Waals surface area contributed by atoms with Gasteiger partial charge in [0, 0.05) is 26.7 Å². The average molecular weight is 413 g/mol. The third-order valence-electron chi connectivity index (χ3n) is 3.57. The predicted octanol–water partition coefficient (Wildman–Crippen LogP) is 3.16. The van der Waals surface area contributed by atoms with Crippen molar-refractivity contribution in [3.05, 3.63) is 48.6 Å². The first-order chi connectivity index (χ1) is 10.3. The Morgan fingerprint density at radius 3 is 2.91 bits per heavy atom. The zero-order chi connectivity index (χ0) is 15.1. The first-order valence-electron chi connectivity index (χ1n) is 7.18. The molecule has 2 rings (SSSR count). The summed E-state index contributed by atoms with van der Waals surface area (Å²) < 4.78 is 5.29. The van der Waals surface area contributed by atoms with Crippen LogP contribution in [-0.4, -0.2) is 44.7 Å². The molecule has 0 radical (unpaired) electrons. The molecule has 0 amide bonds. The summed E-state index contributed by atoms with van der Waals surface area (Å²) in [5.41, 5.74) is 2.60. The minimum Gasteiger partial charge on any atom is -0.497 e. The molecule has 120 valence electrons. The summed E-state index contributed by atoms with van der Waals surface area (Å²) in [6.45, 7) is 6.27. The fourth-order valence-corrected chi connectivity index (χ4v) is 2.44. The van der Waals surface area contributed by atoms with Gasteiger partial charge in [0.15, 0.2) is 5.96 Å². The fourth-order valence-electron chi connectivity index (χ4n) is 2.44. The molecular weight excluding hydrogens is 389 g/mol. The van der Waals surface area contributed by atoms with Gasteiger partial charge in [0.1, 0.15) is 5.75 Å². The smallest absolute Gasteiger partial charge is 0.194 e. The first-order valence-corrected chi connectivity index (χ1v) is 7.18. The Morgan fingerprint density at radius 2 is 2.32 bits per heavy atom. The minimum absolute atomic E-state index is 0. The largest absolute Gasteiger partial charge is 0.497 e. The van der Waals surface area contributed by atoms with Crippen LogP contribution in [0.2, 0.25) is 0 Å². The molecule has 1 aliphatic rings. The maximum absolute atomic E-state index is 5.29. The number of hydrogen-bond donors (Lipinski definition) is 1. The molecule has 1 aliphatic heterocycles. The minimum atomic E-state index is 0. The van der Waals surface area contributed by atoms with E-state index in [9.17, 15) is 0 Å². The van der Waals surface area contributed by atoms with Crippen LogP contribution in [-0.2, 0) is 0 Å². The van der Waals surface area contributed by atoms with Crippen molar-refractivity contribution in [2.24, 2.45) is 4.99 Å². The van der Waals surface area contributed by atoms with Crippen molar-refractivity contribution in [1.29, 1.82) is 0 Å². The van der Waals surface area contributed by atoms with E-state index in [4.69, 9.17) is 4.74 Å². The van der Waals surface area contributed by atoms with E-state index in [1.807, 2.05) is 25.3 Å². The van der Waals surface area contributed by atoms with E-state index in [2.05, 4.69) is 40.0 Å². The first kappa shape index (κ1) is 18.5. The quantitative estimate of drug-likeness (QED) is 0.357. The van der Waals surface area contributed by atoms with Gasteiger partial charge < -0.3 is 15.0 Å². The van der Waals surface area contributed by atoms with Crippen molar-refractivity contribution >= 4 is 35.5 Å². The van der Waals surface area contributed by atoms with Crippen LogP contribution < -0.4 is 10.1 Å². The van der Waals surface area contributed by atoms with Gasteiger partial charge in [-0.25, -0.2) is 0 Å². The molecule has 5 heteroatoms. The Balaban J connectivity index is 0.00000242. The molecule has 0 aliphatic carbocycles. The van der Waals surface area contributed by atoms with E-state index >= 15 is 0 Å². The van der Waals surface area contributed by atoms with E-state index in [0.717, 1.165) is 37.8 Å². The van der Waals surface area contributed by atoms with E-state index < -0.39 is 0 Å². The molecule has 4 nitrogen and oxygen atoms in total. The van der Waals surface area contributed by atoms with Gasteiger partial charge in [-0.15, -0.1) is 30.6 Å². The molecule has 0 fully saturated rings. The molecule has 0 atom stereocenters. The van der Waals surface area contributed by atoms with Crippen LogP contribution in [0.5, 0.6) is 5.75 Å². The maximum Gasteiger partial charge on any atom is 0.194 e. The van der Waals surface area contributed by atoms with Crippen LogP contribution in [0, 0.1) is 0 Å². The van der Waals surface area contributed by atoms with Crippen molar-refractivity contribution in [1.82, 2.24) is 10.2 Å². The highest BCUT2D eigenvalue weighted by atomic mass is 127. The van der Waals surface area contributed by atoms with Gasteiger partial charge in [-0.2, -0.15) is 0 Å². The number of rotatable bonds is 4. The highest BCUT2D eigenvalue weighted by molar-refractivity contribution is 14.0. The summed E-state index contributed by atoms with van der Waals surface area (Å²) in [5.74, 6) is 1.83. The molecule has 1 N–H and O–H groups in total. The monoisotopic (exact) mass is 413 g/mol. The lowest BCUT2D eigenvalue weighted by Gasteiger charge is -2.29. The lowest BCUT2D eigenvalue weighted by molar-refractivity contribution is 0.414. The van der Waals surface area contributed by atoms with Gasteiger partial charge in [0.05, 0.1) is 7.11 Å². The van der Waals surface area contributed by atoms with Crippen LogP contribution >= 0.6 is 24.0 Å². The second-order valence-corrected chi connectivity index (χ2v) is 4.87. The number of guanidine groups is 1. The molecule has 0 unspecified atom stereocenters. The second kappa shape index (κ2) is 9.50. The Morgan fingerprint density at radius 1 is 1.50 bits per heavy atom. The van der Waals surface area contributed by atoms with Crippen LogP contribution in [0.1, 0.15) is 12.0 Å². The summed E-state index contributed by atoms with van der Waals surface area (Å²) in [6.07, 6.45) is 5.10. The Kier molecular flexibility index (Phi) is 8.01. The van der Waals surface area contributed by atoms with Crippen molar-refractivity contribution in [3.8, 4) is 5.75 Å². The summed E-state index contributed by atoms with van der Waals surface area (Å²) >= 11 is 0. The Hall–Kier alpha value is -1.50. The zero-order valence-corrected chi connectivity index (χ0v) is 15.5. The van der Waals surface area contributed by atoms with E-state index in [1.54, 1.807) is 7.11 Å². The molecule has 1 heterocycles. The number of hydrogen-bond acceptors (Lipinski definition) is 2. The number of aliphatic imine (C=N–C) groups is 1. The van der Waals surface area contributed by atoms with Gasteiger partial charge in [-0.05, 0) is 29.7 Å². The van der Waals surface area contributed by atoms with Gasteiger partial charge in [-0.1, -0.05) is 24.3 Å². The van der Waals surface area contributed by atoms with Crippen molar-refractivity contribution in [2.45, 2.75) is 6.42 Å². The summed E-state index contributed by atoms with van der Waals surface area (Å²) in [4.78, 5) is 6.55. The third kappa shape index (κ3) is 4.76. The van der Waals surface area contributed by atoms with Crippen molar-refractivity contribution in [2.75, 3.05) is 33.8 Å². The summed E-state index contributed by atoms with van der Waals surface area (Å²) in [7, 11) is 3.51. The van der Waals surface area contributed by atoms with Crippen LogP contribution in [0.4, 0.5) is 0 Å². The van der Waals surface area contributed by atoms with Gasteiger partial charge in [-0.3, -0.25) is 4.99 Å². The molecular formula is C17H24IN3O. The lowest BCUT2D eigenvalue weighted by atomic mass is 9.99. The van der Waals surface area contributed by atoms with Crippen LogP contribution in [0.25, 0.3) is 5.57 Å². The number of halogens is 1. The highest BCUT2D eigenvalue weighted by Gasteiger charge is 2.15. The normalized spacial score (nSPS) is 14.7. The summed E-state index contributed by atoms with van der Waals surface area (Å²) in [6, 6.07) is 8.23. The molecule has 0 saturated heterocycles. The predicted molar refractivity (Wildman–Crippen MR) is 104 cm³/mol. The molecule has 0 saturated carbocycles. The Bertz CT molecular complexity index is 555. The van der Waals surface area contributed by atoms with Crippen molar-refractivity contribution < 1.29 is 4.74 Å². The SMILES string of the molecule is C=CCNC(=NC)N1CC=C(c2cccc(OC)c2)CC1.I. The molecule has 0 aromatic heterocycles. The second-order valence-electron chi connectivity index (χ2n) is 4.87. The van der Waals surface area contributed by atoms with Gasteiger partial charge >= 0.3 is 0 Å². The number of methoxy groups -OCH3 is 1. The Labute approximate surface area is 150 Å². The van der Waals surface area contributed by atoms with Gasteiger partial charge in [0.25, 0.3) is 0 Å². The maximum atomic E-state index is 5.29. The number of nitrogens with zero attached hydrogens (tertiary/aromatic N) is 2. The highest BCUT2D eigenvalue weighted by Crippen LogP contribution is 2.25.